The molecule has 1 aromatic heterocycles. The third-order valence-corrected chi connectivity index (χ3v) is 22.5. The zero-order valence-electron chi connectivity index (χ0n) is 42.2. The summed E-state index contributed by atoms with van der Waals surface area (Å²) in [6, 6.07) is 0.0805. The van der Waals surface area contributed by atoms with Crippen LogP contribution in [0.4, 0.5) is 0 Å². The van der Waals surface area contributed by atoms with Gasteiger partial charge in [0.1, 0.15) is 6.23 Å². The van der Waals surface area contributed by atoms with Crippen LogP contribution in [0.15, 0.2) is 46.5 Å². The molecule has 1 aromatic rings. The number of aliphatic imine (C=N–C) groups is 1. The first-order chi connectivity index (χ1) is 32.8. The van der Waals surface area contributed by atoms with Crippen molar-refractivity contribution in [2.45, 2.75) is 172 Å². The number of nitrogens with zero attached hydrogens (tertiary/aromatic N) is 3. The molecule has 388 valence electrons. The Labute approximate surface area is 419 Å². The van der Waals surface area contributed by atoms with Gasteiger partial charge in [-0.1, -0.05) is 73.3 Å². The van der Waals surface area contributed by atoms with Crippen molar-refractivity contribution >= 4 is 33.3 Å². The van der Waals surface area contributed by atoms with Gasteiger partial charge in [-0.2, -0.15) is 0 Å². The first kappa shape index (κ1) is 53.3. The van der Waals surface area contributed by atoms with E-state index in [4.69, 9.17) is 10.7 Å². The van der Waals surface area contributed by atoms with Gasteiger partial charge in [-0.25, -0.2) is 4.98 Å². The summed E-state index contributed by atoms with van der Waals surface area (Å²) in [6.45, 7) is 10.4. The molecule has 6 aliphatic carbocycles. The van der Waals surface area contributed by atoms with Crippen LogP contribution in [0, 0.1) is 63.1 Å². The van der Waals surface area contributed by atoms with Crippen molar-refractivity contribution in [1.29, 1.82) is 0 Å². The maximum Gasteiger partial charge on any atom is 0.190 e. The molecule has 2 heterocycles. The van der Waals surface area contributed by atoms with E-state index in [9.17, 15) is 35.7 Å². The maximum absolute atomic E-state index is 15.2. The monoisotopic (exact) mass is 999 g/mol. The lowest BCUT2D eigenvalue weighted by Crippen LogP contribution is -2.69. The number of allylic oxidation sites excluding steroid dienone is 2. The predicted octanol–water partition coefficient (Wildman–Crippen LogP) is 5.51. The van der Waals surface area contributed by atoms with Crippen LogP contribution in [0.5, 0.6) is 0 Å². The largest absolute Gasteiger partial charge is 0.396 e. The Kier molecular flexibility index (Phi) is 16.3. The minimum atomic E-state index is -1.74. The third-order valence-electron chi connectivity index (χ3n) is 19.5. The summed E-state index contributed by atoms with van der Waals surface area (Å²) in [5.74, 6) is -2.90. The quantitative estimate of drug-likeness (QED) is 0.0458. The number of carbonyl (C=O) groups is 1. The minimum Gasteiger partial charge on any atom is -0.396 e. The number of carbonyl (C=O) groups excluding carboxylic acids is 1. The van der Waals surface area contributed by atoms with Gasteiger partial charge in [0.2, 0.25) is 0 Å². The van der Waals surface area contributed by atoms with Gasteiger partial charge in [-0.3, -0.25) is 9.79 Å². The van der Waals surface area contributed by atoms with Gasteiger partial charge in [-0.15, -0.1) is 0 Å². The molecule has 1 aliphatic heterocycles. The minimum absolute atomic E-state index is 0.0280. The molecular formula is C53H86N6O8S2. The molecule has 1 saturated heterocycles. The van der Waals surface area contributed by atoms with E-state index in [0.717, 1.165) is 31.4 Å². The standard InChI is InChI=1S/C53H86N6O8S2/c1-31-37-19-39(44(12-10-18-60)69-68-28-35(59-17-16-56-30-59)24-49(3,4)38(20-41(31)63)33-11-9-15-51(22-33)13-7-8-14-51)53(67)40-21-42(64)46-36(27-55-6)47(66)43(65)25-50(46,5)45(40)34(23-52(37,53)29-61)26-57-48(54)58-32(2)62/h16-17,21,30-32,34-37,39,41,43-47,55,60-63,65-67H,7-15,18-20,22-29H2,1-6H3,(H3,54,57,58). The van der Waals surface area contributed by atoms with E-state index in [2.05, 4.69) is 47.2 Å². The third kappa shape index (κ3) is 9.70. The van der Waals surface area contributed by atoms with Crippen molar-refractivity contribution < 1.29 is 40.5 Å². The lowest BCUT2D eigenvalue weighted by Gasteiger charge is -2.65. The molecule has 5 saturated carbocycles. The lowest BCUT2D eigenvalue weighted by atomic mass is 9.41. The highest BCUT2D eigenvalue weighted by Crippen LogP contribution is 2.73. The first-order valence-corrected chi connectivity index (χ1v) is 28.8. The number of ketones is 1. The number of nitrogens with one attached hydrogen (secondary N) is 2. The maximum atomic E-state index is 15.2. The smallest absolute Gasteiger partial charge is 0.190 e. The summed E-state index contributed by atoms with van der Waals surface area (Å²) in [6.07, 6.45) is 16.3. The van der Waals surface area contributed by atoms with Crippen LogP contribution in [0.2, 0.25) is 0 Å². The van der Waals surface area contributed by atoms with Crippen LogP contribution in [-0.4, -0.2) is 132 Å². The zero-order chi connectivity index (χ0) is 49.7. The molecule has 7 aliphatic rings. The molecule has 0 radical (unpaired) electrons. The van der Waals surface area contributed by atoms with Gasteiger partial charge in [-0.05, 0) is 149 Å². The molecule has 1 spiro atoms. The van der Waals surface area contributed by atoms with Gasteiger partial charge in [0.15, 0.2) is 11.7 Å². The van der Waals surface area contributed by atoms with Crippen molar-refractivity contribution in [3.8, 4) is 0 Å². The van der Waals surface area contributed by atoms with Gasteiger partial charge < -0.3 is 56.7 Å². The molecule has 6 fully saturated rings. The number of guanidine groups is 1. The summed E-state index contributed by atoms with van der Waals surface area (Å²) in [4.78, 5) is 24.5. The molecule has 11 N–H and O–H groups in total. The summed E-state index contributed by atoms with van der Waals surface area (Å²) in [7, 11) is 5.30. The van der Waals surface area contributed by atoms with Crippen LogP contribution in [-0.2, 0) is 4.79 Å². The number of aromatic nitrogens is 2. The van der Waals surface area contributed by atoms with E-state index in [1.54, 1.807) is 41.6 Å². The number of imidazole rings is 1. The second-order valence-corrected chi connectivity index (χ2v) is 26.6. The number of aliphatic hydroxyl groups is 7. The van der Waals surface area contributed by atoms with Crippen LogP contribution in [0.25, 0.3) is 0 Å². The van der Waals surface area contributed by atoms with Gasteiger partial charge >= 0.3 is 0 Å². The van der Waals surface area contributed by atoms with Crippen LogP contribution < -0.4 is 16.4 Å². The molecule has 69 heavy (non-hydrogen) atoms. The molecular weight excluding hydrogens is 913 g/mol. The lowest BCUT2D eigenvalue weighted by molar-refractivity contribution is -0.193. The molecule has 16 unspecified atom stereocenters. The SMILES string of the molecule is CNCC1C(O)C(O)CC2(C)C3C(=CC(=O)C12)C1(O)C2CC(C(C)C(O)CC(=C4CCCC5(CCCC5)C4)C(C)(C)CC(n4ccnc4)CSSC2CCCO)C1(CO)CC3CN=C(N)NC(C)O. The molecule has 0 aromatic carbocycles. The summed E-state index contributed by atoms with van der Waals surface area (Å²) < 4.78 is 2.23. The fourth-order valence-corrected chi connectivity index (χ4v) is 19.9. The Balaban J connectivity index is 1.31. The Bertz CT molecular complexity index is 2050. The summed E-state index contributed by atoms with van der Waals surface area (Å²) in [5.41, 5.74) is 5.94. The number of nitrogens with two attached hydrogens (primary N) is 1. The Morgan fingerprint density at radius 2 is 1.78 bits per heavy atom. The number of aliphatic hydroxyl groups excluding tert-OH is 6. The molecule has 14 nitrogen and oxygen atoms in total. The van der Waals surface area contributed by atoms with Crippen LogP contribution in [0.1, 0.15) is 137 Å². The summed E-state index contributed by atoms with van der Waals surface area (Å²) in [5, 5.41) is 89.7. The average Bonchev–Trinajstić information content (AvgIpc) is 4.06. The molecule has 0 amide bonds. The normalized spacial score (nSPS) is 43.1. The fourth-order valence-electron chi connectivity index (χ4n) is 16.6. The fraction of sp³-hybridized carbons (Fsp3) is 0.830. The van der Waals surface area contributed by atoms with E-state index in [1.165, 1.54) is 43.3 Å². The zero-order valence-corrected chi connectivity index (χ0v) is 43.9. The second kappa shape index (κ2) is 21.1. The topological polar surface area (TPSA) is 239 Å². The highest BCUT2D eigenvalue weighted by atomic mass is 33.1. The number of fused-ring (bicyclic) bond motifs is 9. The van der Waals surface area contributed by atoms with E-state index >= 15 is 4.79 Å². The molecule has 2 bridgehead atoms. The first-order valence-electron chi connectivity index (χ1n) is 26.4. The van der Waals surface area contributed by atoms with Gasteiger partial charge in [0.25, 0.3) is 0 Å². The molecule has 8 rings (SSSR count). The van der Waals surface area contributed by atoms with Crippen molar-refractivity contribution in [3.05, 3.63) is 41.5 Å². The molecule has 16 atom stereocenters. The summed E-state index contributed by atoms with van der Waals surface area (Å²) >= 11 is 0. The molecule has 16 heteroatoms. The van der Waals surface area contributed by atoms with Gasteiger partial charge in [0, 0.05) is 72.3 Å². The van der Waals surface area contributed by atoms with Crippen molar-refractivity contribution in [3.63, 3.8) is 0 Å². The highest BCUT2D eigenvalue weighted by Gasteiger charge is 2.75. The van der Waals surface area contributed by atoms with Crippen molar-refractivity contribution in [1.82, 2.24) is 20.2 Å². The van der Waals surface area contributed by atoms with E-state index in [-0.39, 0.29) is 53.9 Å². The van der Waals surface area contributed by atoms with Crippen LogP contribution in [0.3, 0.4) is 0 Å². The average molecular weight is 999 g/mol. The Hall–Kier alpha value is -1.99. The van der Waals surface area contributed by atoms with Crippen LogP contribution >= 0.6 is 21.6 Å². The number of rotatable bonds is 10. The number of hydrogen-bond acceptors (Lipinski definition) is 13. The van der Waals surface area contributed by atoms with E-state index < -0.39 is 83.1 Å². The highest BCUT2D eigenvalue weighted by molar-refractivity contribution is 8.76. The predicted molar refractivity (Wildman–Crippen MR) is 274 cm³/mol. The van der Waals surface area contributed by atoms with E-state index in [0.29, 0.717) is 49.6 Å². The second-order valence-electron chi connectivity index (χ2n) is 24.0. The number of hydrogen-bond donors (Lipinski definition) is 10. The van der Waals surface area contributed by atoms with Crippen molar-refractivity contribution in [2.24, 2.45) is 73.8 Å². The Morgan fingerprint density at radius 3 is 2.45 bits per heavy atom. The Morgan fingerprint density at radius 1 is 1.04 bits per heavy atom. The van der Waals surface area contributed by atoms with E-state index in [1.807, 2.05) is 19.4 Å². The van der Waals surface area contributed by atoms with Crippen molar-refractivity contribution in [2.75, 3.05) is 39.1 Å². The van der Waals surface area contributed by atoms with Gasteiger partial charge in [0.05, 0.1) is 36.8 Å².